The Hall–Kier alpha value is -10.5. The molecule has 0 aliphatic heterocycles. The molecule has 0 fully saturated rings. The molecule has 0 aliphatic rings. The van der Waals surface area contributed by atoms with Gasteiger partial charge in [0, 0.05) is 52.2 Å². The van der Waals surface area contributed by atoms with Crippen LogP contribution in [0.15, 0.2) is 290 Å². The zero-order valence-electron chi connectivity index (χ0n) is 72.8. The molecule has 5 nitrogen and oxygen atoms in total. The summed E-state index contributed by atoms with van der Waals surface area (Å²) in [5.41, 5.74) is 19.9. The van der Waals surface area contributed by atoms with Gasteiger partial charge < -0.3 is 9.13 Å². The number of aryl methyl sites for hydroxylation is 6. The number of rotatable bonds is 1. The van der Waals surface area contributed by atoms with Gasteiger partial charge in [-0.05, 0) is 251 Å². The van der Waals surface area contributed by atoms with E-state index in [9.17, 15) is 4.79 Å². The van der Waals surface area contributed by atoms with Crippen LogP contribution < -0.4 is 5.56 Å². The molecule has 0 saturated heterocycles. The molecular weight excluding hydrogens is 1360 g/mol. The maximum absolute atomic E-state index is 12.1. The lowest BCUT2D eigenvalue weighted by molar-refractivity contribution is 0.386. The van der Waals surface area contributed by atoms with E-state index >= 15 is 0 Å². The van der Waals surface area contributed by atoms with E-state index in [1.54, 1.807) is 4.57 Å². The minimum Gasteiger partial charge on any atom is -0.327 e. The van der Waals surface area contributed by atoms with Crippen LogP contribution in [0.4, 0.5) is 0 Å². The Morgan fingerprint density at radius 3 is 1.24 bits per heavy atom. The van der Waals surface area contributed by atoms with Crippen LogP contribution in [-0.4, -0.2) is 19.1 Å². The van der Waals surface area contributed by atoms with Gasteiger partial charge in [-0.3, -0.25) is 9.78 Å². The van der Waals surface area contributed by atoms with Gasteiger partial charge in [0.05, 0.1) is 5.69 Å². The summed E-state index contributed by atoms with van der Waals surface area (Å²) in [7, 11) is 0. The fourth-order valence-corrected chi connectivity index (χ4v) is 14.0. The second-order valence-electron chi connectivity index (χ2n) is 37.2. The maximum atomic E-state index is 12.1. The van der Waals surface area contributed by atoms with Crippen molar-refractivity contribution < 1.29 is 0 Å². The Bertz CT molecular complexity index is 5590. The number of aromatic nitrogens is 4. The summed E-state index contributed by atoms with van der Waals surface area (Å²) in [6.45, 7) is 59.7. The molecule has 0 amide bonds. The molecule has 0 atom stereocenters. The molecule has 0 N–H and O–H groups in total. The van der Waals surface area contributed by atoms with Gasteiger partial charge in [0.15, 0.2) is 0 Å². The lowest BCUT2D eigenvalue weighted by Gasteiger charge is -2.24. The Morgan fingerprint density at radius 2 is 0.696 bits per heavy atom. The Morgan fingerprint density at radius 1 is 0.268 bits per heavy atom. The van der Waals surface area contributed by atoms with E-state index < -0.39 is 0 Å². The Labute approximate surface area is 673 Å². The van der Waals surface area contributed by atoms with E-state index in [1.165, 1.54) is 110 Å². The van der Waals surface area contributed by atoms with Crippen LogP contribution in [0.3, 0.4) is 0 Å². The van der Waals surface area contributed by atoms with Crippen molar-refractivity contribution in [2.45, 2.75) is 225 Å². The third-order valence-electron chi connectivity index (χ3n) is 20.3. The van der Waals surface area contributed by atoms with E-state index in [0.29, 0.717) is 0 Å². The molecule has 4 aromatic heterocycles. The molecule has 0 radical (unpaired) electrons. The molecule has 582 valence electrons. The largest absolute Gasteiger partial charge is 0.327 e. The molecule has 15 aromatic rings. The number of benzene rings is 11. The second kappa shape index (κ2) is 36.8. The van der Waals surface area contributed by atoms with Crippen LogP contribution in [0.1, 0.15) is 207 Å². The predicted molar refractivity (Wildman–Crippen MR) is 492 cm³/mol. The highest BCUT2D eigenvalue weighted by Crippen LogP contribution is 2.35. The van der Waals surface area contributed by atoms with Gasteiger partial charge in [0.1, 0.15) is 5.65 Å². The SMILES string of the molecule is CC(C)(C)c1ccc2ccccc2c1.CC(C)(C)n1ccc2ccccc2c1=O.CC(C)(C)n1ccc2cccnc21.Cc1cc(C(C)(C)C)c(C)c2ccccc12.Cc1cc(C(C)(C)C)cc2ccccc12.Cc1cc(C)cc(C(C)(C)C)c1.Cc1cc2ccccc2cc1C(C)(C)C.c1ccc(-c2ccccn2)cc1. The number of hydrogen-bond acceptors (Lipinski definition) is 3. The summed E-state index contributed by atoms with van der Waals surface area (Å²) >= 11 is 0. The summed E-state index contributed by atoms with van der Waals surface area (Å²) in [5.74, 6) is 0. The van der Waals surface area contributed by atoms with Gasteiger partial charge in [0.2, 0.25) is 0 Å². The molecule has 15 rings (SSSR count). The van der Waals surface area contributed by atoms with E-state index in [4.69, 9.17) is 0 Å². The average molecular weight is 1490 g/mol. The fraction of sp³-hybridized carbons (Fsp3) is 0.318. The van der Waals surface area contributed by atoms with Crippen molar-refractivity contribution in [2.24, 2.45) is 0 Å². The number of pyridine rings is 3. The highest BCUT2D eigenvalue weighted by molar-refractivity contribution is 5.90. The Kier molecular flexibility index (Phi) is 28.6. The quantitative estimate of drug-likeness (QED) is 0.165. The van der Waals surface area contributed by atoms with Crippen molar-refractivity contribution in [3.05, 3.63) is 357 Å². The van der Waals surface area contributed by atoms with Crippen molar-refractivity contribution in [2.75, 3.05) is 0 Å². The molecule has 0 spiro atoms. The first-order valence-electron chi connectivity index (χ1n) is 40.0. The van der Waals surface area contributed by atoms with Crippen LogP contribution in [0.2, 0.25) is 0 Å². The van der Waals surface area contributed by atoms with Crippen LogP contribution in [-0.2, 0) is 38.2 Å². The molecule has 112 heavy (non-hydrogen) atoms. The van der Waals surface area contributed by atoms with Gasteiger partial charge in [-0.15, -0.1) is 0 Å². The first-order chi connectivity index (χ1) is 52.4. The molecule has 11 aromatic carbocycles. The van der Waals surface area contributed by atoms with Crippen molar-refractivity contribution in [1.29, 1.82) is 0 Å². The maximum Gasteiger partial charge on any atom is 0.258 e. The summed E-state index contributed by atoms with van der Waals surface area (Å²) < 4.78 is 3.97. The first kappa shape index (κ1) is 87.1. The zero-order valence-corrected chi connectivity index (χ0v) is 72.8. The standard InChI is InChI=1S/C16H20.2C15H18.C14H16.C13H15NO.C12H18.C11H14N2.C11H9N/c1-11-10-15(16(3,4)5)12(2)14-9-7-6-8-13(11)14;1-11-9-13(15(2,3)4)10-12-7-5-6-8-14(11)12;1-11-9-12-7-5-6-8-13(12)10-14(11)15(2,3)4;1-14(2,3)13-9-8-11-6-4-5-7-12(11)10-13;1-13(2,3)14-9-8-10-6-4-5-7-11(10)12(14)15;1-9-6-10(2)8-11(7-9)12(3,4)5;1-11(2,3)13-8-6-9-5-4-7-12-10(9)13;1-2-6-10(7-3-1)11-8-4-5-9-12-11/h6-10H,1-5H3;2*5-10H,1-4H3;4-10H,1-3H3;4-9H,1-3H3;6-8H,1-5H3;4-8H,1-3H3;1-9H. The molecule has 0 saturated carbocycles. The summed E-state index contributed by atoms with van der Waals surface area (Å²) in [6.07, 6.45) is 7.61. The van der Waals surface area contributed by atoms with E-state index in [0.717, 1.165) is 27.7 Å². The first-order valence-corrected chi connectivity index (χ1v) is 40.0. The molecule has 0 aliphatic carbocycles. The molecule has 4 heterocycles. The second-order valence-corrected chi connectivity index (χ2v) is 37.2. The van der Waals surface area contributed by atoms with Crippen LogP contribution in [0.5, 0.6) is 0 Å². The lowest BCUT2D eigenvalue weighted by Crippen LogP contribution is -2.33. The van der Waals surface area contributed by atoms with Crippen LogP contribution in [0.25, 0.3) is 76.2 Å². The summed E-state index contributed by atoms with van der Waals surface area (Å²) in [5, 5.41) is 13.8. The van der Waals surface area contributed by atoms with E-state index in [2.05, 4.69) is 375 Å². The van der Waals surface area contributed by atoms with Crippen molar-refractivity contribution in [3.63, 3.8) is 0 Å². The van der Waals surface area contributed by atoms with Gasteiger partial charge in [-0.2, -0.15) is 0 Å². The monoisotopic (exact) mass is 1490 g/mol. The number of hydrogen-bond donors (Lipinski definition) is 0. The molecule has 5 heteroatoms. The topological polar surface area (TPSA) is 52.7 Å². The van der Waals surface area contributed by atoms with Gasteiger partial charge in [-0.25, -0.2) is 4.98 Å². The Balaban J connectivity index is 0.000000161. The van der Waals surface area contributed by atoms with Crippen LogP contribution in [0, 0.1) is 41.5 Å². The third-order valence-corrected chi connectivity index (χ3v) is 20.3. The minimum absolute atomic E-state index is 0.0839. The lowest BCUT2D eigenvalue weighted by atomic mass is 9.81. The normalized spacial score (nSPS) is 11.7. The van der Waals surface area contributed by atoms with E-state index in [1.807, 2.05) is 112 Å². The van der Waals surface area contributed by atoms with Crippen LogP contribution >= 0.6 is 0 Å². The van der Waals surface area contributed by atoms with Gasteiger partial charge in [-0.1, -0.05) is 333 Å². The molecule has 0 unspecified atom stereocenters. The average Bonchev–Trinajstić information content (AvgIpc) is 0.781. The van der Waals surface area contributed by atoms with Crippen molar-refractivity contribution in [1.82, 2.24) is 19.1 Å². The fourth-order valence-electron chi connectivity index (χ4n) is 14.0. The van der Waals surface area contributed by atoms with E-state index in [-0.39, 0.29) is 43.7 Å². The van der Waals surface area contributed by atoms with Crippen molar-refractivity contribution in [3.8, 4) is 11.3 Å². The highest BCUT2D eigenvalue weighted by Gasteiger charge is 2.22. The smallest absolute Gasteiger partial charge is 0.258 e. The third kappa shape index (κ3) is 24.0. The predicted octanol–water partition coefficient (Wildman–Crippen LogP) is 29.7. The van der Waals surface area contributed by atoms with Gasteiger partial charge in [0.25, 0.3) is 5.56 Å². The number of fused-ring (bicyclic) bond motifs is 6. The zero-order chi connectivity index (χ0) is 82.3. The summed E-state index contributed by atoms with van der Waals surface area (Å²) in [4.78, 5) is 20.8. The summed E-state index contributed by atoms with van der Waals surface area (Å²) in [6, 6.07) is 91.3. The molecule has 0 bridgehead atoms. The minimum atomic E-state index is -0.166. The molecular formula is C107H128N4O. The number of nitrogens with zero attached hydrogens (tertiary/aromatic N) is 4. The highest BCUT2D eigenvalue weighted by atomic mass is 16.1. The van der Waals surface area contributed by atoms with Gasteiger partial charge >= 0.3 is 0 Å². The van der Waals surface area contributed by atoms with Crippen molar-refractivity contribution >= 4 is 64.9 Å².